The van der Waals surface area contributed by atoms with Crippen molar-refractivity contribution in [2.45, 2.75) is 26.8 Å². The van der Waals surface area contributed by atoms with Crippen LogP contribution in [0.25, 0.3) is 0 Å². The Morgan fingerprint density at radius 2 is 1.95 bits per heavy atom. The maximum absolute atomic E-state index is 13.8. The molecule has 0 saturated heterocycles. The van der Waals surface area contributed by atoms with Gasteiger partial charge in [-0.25, -0.2) is 4.39 Å². The summed E-state index contributed by atoms with van der Waals surface area (Å²) >= 11 is 0. The van der Waals surface area contributed by atoms with Gasteiger partial charge in [-0.1, -0.05) is 19.9 Å². The Kier molecular flexibility index (Phi) is 6.81. The highest BCUT2D eigenvalue weighted by Gasteiger charge is 2.15. The van der Waals surface area contributed by atoms with Crippen molar-refractivity contribution in [2.75, 3.05) is 26.9 Å². The molecule has 0 aliphatic heterocycles. The minimum absolute atomic E-state index is 0.0900. The van der Waals surface area contributed by atoms with E-state index in [0.717, 1.165) is 0 Å². The van der Waals surface area contributed by atoms with E-state index in [4.69, 9.17) is 9.47 Å². The Balaban J connectivity index is 2.55. The second-order valence-electron chi connectivity index (χ2n) is 4.98. The third kappa shape index (κ3) is 5.17. The molecule has 1 N–H and O–H groups in total. The van der Waals surface area contributed by atoms with E-state index in [1.165, 1.54) is 6.07 Å². The quantitative estimate of drug-likeness (QED) is 0.735. The molecular formula is C15H24FNO2. The second kappa shape index (κ2) is 8.12. The summed E-state index contributed by atoms with van der Waals surface area (Å²) in [7, 11) is 1.80. The Bertz CT molecular complexity index is 382. The van der Waals surface area contributed by atoms with Gasteiger partial charge >= 0.3 is 0 Å². The summed E-state index contributed by atoms with van der Waals surface area (Å²) in [5.74, 6) is 0.839. The molecule has 19 heavy (non-hydrogen) atoms. The van der Waals surface area contributed by atoms with Crippen LogP contribution in [0, 0.1) is 11.7 Å². The minimum Gasteiger partial charge on any atom is -0.491 e. The fourth-order valence-corrected chi connectivity index (χ4v) is 1.74. The SMILES string of the molecule is CNC(C)c1c(F)cccc1OCCOCC(C)C. The molecular weight excluding hydrogens is 245 g/mol. The molecule has 1 aromatic carbocycles. The zero-order valence-corrected chi connectivity index (χ0v) is 12.2. The van der Waals surface area contributed by atoms with Gasteiger partial charge < -0.3 is 14.8 Å². The molecule has 0 amide bonds. The molecule has 0 spiro atoms. The number of hydrogen-bond acceptors (Lipinski definition) is 3. The molecule has 0 bridgehead atoms. The fraction of sp³-hybridized carbons (Fsp3) is 0.600. The smallest absolute Gasteiger partial charge is 0.131 e. The lowest BCUT2D eigenvalue weighted by atomic mass is 10.1. The average molecular weight is 269 g/mol. The first-order valence-electron chi connectivity index (χ1n) is 6.72. The van der Waals surface area contributed by atoms with Crippen LogP contribution in [0.2, 0.25) is 0 Å². The first kappa shape index (κ1) is 15.9. The van der Waals surface area contributed by atoms with Crippen LogP contribution >= 0.6 is 0 Å². The molecule has 0 fully saturated rings. The van der Waals surface area contributed by atoms with Crippen molar-refractivity contribution in [1.82, 2.24) is 5.32 Å². The molecule has 0 aliphatic rings. The van der Waals surface area contributed by atoms with Crippen LogP contribution < -0.4 is 10.1 Å². The third-order valence-corrected chi connectivity index (χ3v) is 2.82. The highest BCUT2D eigenvalue weighted by molar-refractivity contribution is 5.36. The topological polar surface area (TPSA) is 30.5 Å². The molecule has 1 aromatic rings. The number of ether oxygens (including phenoxy) is 2. The van der Waals surface area contributed by atoms with Crippen LogP contribution in [-0.4, -0.2) is 26.9 Å². The van der Waals surface area contributed by atoms with Gasteiger partial charge in [0.1, 0.15) is 18.2 Å². The van der Waals surface area contributed by atoms with Crippen molar-refractivity contribution in [1.29, 1.82) is 0 Å². The molecule has 108 valence electrons. The Hall–Kier alpha value is -1.13. The van der Waals surface area contributed by atoms with Gasteiger partial charge in [-0.05, 0) is 32.0 Å². The van der Waals surface area contributed by atoms with Gasteiger partial charge in [-0.3, -0.25) is 0 Å². The predicted molar refractivity (Wildman–Crippen MR) is 75.0 cm³/mol. The summed E-state index contributed by atoms with van der Waals surface area (Å²) in [6, 6.07) is 4.80. The van der Waals surface area contributed by atoms with E-state index >= 15 is 0 Å². The molecule has 1 atom stereocenters. The molecule has 4 heteroatoms. The fourth-order valence-electron chi connectivity index (χ4n) is 1.74. The lowest BCUT2D eigenvalue weighted by Crippen LogP contribution is -2.17. The molecule has 1 unspecified atom stereocenters. The highest BCUT2D eigenvalue weighted by Crippen LogP contribution is 2.27. The van der Waals surface area contributed by atoms with E-state index in [2.05, 4.69) is 19.2 Å². The molecule has 0 aromatic heterocycles. The number of halogens is 1. The third-order valence-electron chi connectivity index (χ3n) is 2.82. The van der Waals surface area contributed by atoms with Crippen molar-refractivity contribution < 1.29 is 13.9 Å². The maximum Gasteiger partial charge on any atom is 0.131 e. The normalized spacial score (nSPS) is 12.7. The van der Waals surface area contributed by atoms with Crippen LogP contribution in [0.3, 0.4) is 0 Å². The van der Waals surface area contributed by atoms with E-state index in [0.29, 0.717) is 37.1 Å². The molecule has 3 nitrogen and oxygen atoms in total. The molecule has 0 aliphatic carbocycles. The maximum atomic E-state index is 13.8. The van der Waals surface area contributed by atoms with Crippen LogP contribution in [0.4, 0.5) is 4.39 Å². The standard InChI is InChI=1S/C15H24FNO2/c1-11(2)10-18-8-9-19-14-7-5-6-13(16)15(14)12(3)17-4/h5-7,11-12,17H,8-10H2,1-4H3. The van der Waals surface area contributed by atoms with Crippen molar-refractivity contribution in [3.05, 3.63) is 29.6 Å². The van der Waals surface area contributed by atoms with Crippen LogP contribution in [0.15, 0.2) is 18.2 Å². The zero-order valence-electron chi connectivity index (χ0n) is 12.2. The summed E-state index contributed by atoms with van der Waals surface area (Å²) in [6.45, 7) is 7.76. The van der Waals surface area contributed by atoms with Crippen LogP contribution in [0.1, 0.15) is 32.4 Å². The summed E-state index contributed by atoms with van der Waals surface area (Å²) < 4.78 is 24.9. The zero-order chi connectivity index (χ0) is 14.3. The predicted octanol–water partition coefficient (Wildman–Crippen LogP) is 3.16. The molecule has 0 radical (unpaired) electrons. The summed E-state index contributed by atoms with van der Waals surface area (Å²) in [5.41, 5.74) is 0.564. The largest absolute Gasteiger partial charge is 0.491 e. The first-order valence-corrected chi connectivity index (χ1v) is 6.72. The van der Waals surface area contributed by atoms with Crippen molar-refractivity contribution in [3.63, 3.8) is 0 Å². The molecule has 0 saturated carbocycles. The monoisotopic (exact) mass is 269 g/mol. The minimum atomic E-state index is -0.248. The van der Waals surface area contributed by atoms with Crippen molar-refractivity contribution in [3.8, 4) is 5.75 Å². The average Bonchev–Trinajstić information content (AvgIpc) is 2.37. The lowest BCUT2D eigenvalue weighted by Gasteiger charge is -2.17. The van der Waals surface area contributed by atoms with Gasteiger partial charge in [0.15, 0.2) is 0 Å². The number of nitrogens with one attached hydrogen (secondary N) is 1. The number of rotatable bonds is 8. The van der Waals surface area contributed by atoms with Crippen molar-refractivity contribution in [2.24, 2.45) is 5.92 Å². The lowest BCUT2D eigenvalue weighted by molar-refractivity contribution is 0.0813. The van der Waals surface area contributed by atoms with Gasteiger partial charge in [-0.15, -0.1) is 0 Å². The number of benzene rings is 1. The van der Waals surface area contributed by atoms with E-state index in [9.17, 15) is 4.39 Å². The van der Waals surface area contributed by atoms with Crippen molar-refractivity contribution >= 4 is 0 Å². The van der Waals surface area contributed by atoms with Gasteiger partial charge in [0.25, 0.3) is 0 Å². The second-order valence-corrected chi connectivity index (χ2v) is 4.98. The Morgan fingerprint density at radius 1 is 1.21 bits per heavy atom. The Morgan fingerprint density at radius 3 is 2.58 bits per heavy atom. The first-order chi connectivity index (χ1) is 9.06. The van der Waals surface area contributed by atoms with E-state index in [-0.39, 0.29) is 11.9 Å². The van der Waals surface area contributed by atoms with Crippen LogP contribution in [0.5, 0.6) is 5.75 Å². The van der Waals surface area contributed by atoms with E-state index in [1.54, 1.807) is 19.2 Å². The van der Waals surface area contributed by atoms with Gasteiger partial charge in [-0.2, -0.15) is 0 Å². The van der Waals surface area contributed by atoms with Crippen LogP contribution in [-0.2, 0) is 4.74 Å². The summed E-state index contributed by atoms with van der Waals surface area (Å²) in [5, 5.41) is 3.03. The molecule has 1 rings (SSSR count). The summed E-state index contributed by atoms with van der Waals surface area (Å²) in [4.78, 5) is 0. The summed E-state index contributed by atoms with van der Waals surface area (Å²) in [6.07, 6.45) is 0. The van der Waals surface area contributed by atoms with E-state index in [1.807, 2.05) is 6.92 Å². The Labute approximate surface area is 115 Å². The highest BCUT2D eigenvalue weighted by atomic mass is 19.1. The van der Waals surface area contributed by atoms with E-state index < -0.39 is 0 Å². The van der Waals surface area contributed by atoms with Gasteiger partial charge in [0.2, 0.25) is 0 Å². The van der Waals surface area contributed by atoms with Gasteiger partial charge in [0.05, 0.1) is 6.61 Å². The molecule has 0 heterocycles. The van der Waals surface area contributed by atoms with Gasteiger partial charge in [0, 0.05) is 18.2 Å². The number of hydrogen-bond donors (Lipinski definition) is 1.